The van der Waals surface area contributed by atoms with Crippen molar-refractivity contribution in [2.75, 3.05) is 0 Å². The molecule has 118 valence electrons. The maximum Gasteiger partial charge on any atom is 0.183 e. The summed E-state index contributed by atoms with van der Waals surface area (Å²) in [7, 11) is -3.56. The van der Waals surface area contributed by atoms with E-state index >= 15 is 0 Å². The summed E-state index contributed by atoms with van der Waals surface area (Å²) in [5.41, 5.74) is 0.0439. The minimum Gasteiger partial charge on any atom is -0.392 e. The van der Waals surface area contributed by atoms with E-state index in [1.54, 1.807) is 18.2 Å². The quantitative estimate of drug-likeness (QED) is 0.899. The molecular formula is C16H23ClO3S. The molecule has 0 heterocycles. The van der Waals surface area contributed by atoms with Crippen molar-refractivity contribution in [3.63, 3.8) is 0 Å². The summed E-state index contributed by atoms with van der Waals surface area (Å²) in [4.78, 5) is 0.202. The molecule has 0 bridgehead atoms. The van der Waals surface area contributed by atoms with Crippen molar-refractivity contribution in [3.8, 4) is 0 Å². The van der Waals surface area contributed by atoms with Gasteiger partial charge in [-0.2, -0.15) is 0 Å². The molecule has 0 aliphatic heterocycles. The van der Waals surface area contributed by atoms with Crippen LogP contribution in [0.1, 0.15) is 40.0 Å². The number of aliphatic hydroxyl groups is 1. The summed E-state index contributed by atoms with van der Waals surface area (Å²) in [5.74, 6) is 0.292. The van der Waals surface area contributed by atoms with E-state index in [-0.39, 0.29) is 10.3 Å². The molecule has 0 spiro atoms. The summed E-state index contributed by atoms with van der Waals surface area (Å²) in [6.07, 6.45) is 1.10. The summed E-state index contributed by atoms with van der Waals surface area (Å²) >= 11 is 5.90. The fraction of sp³-hybridized carbons (Fsp3) is 0.625. The molecule has 2 rings (SSSR count). The van der Waals surface area contributed by atoms with Crippen LogP contribution in [-0.2, 0) is 9.84 Å². The molecule has 1 aliphatic carbocycles. The number of hydrogen-bond acceptors (Lipinski definition) is 3. The molecule has 1 N–H and O–H groups in total. The average molecular weight is 331 g/mol. The Hall–Kier alpha value is -0.580. The molecule has 3 unspecified atom stereocenters. The molecule has 0 radical (unpaired) electrons. The first-order valence-electron chi connectivity index (χ1n) is 7.30. The van der Waals surface area contributed by atoms with Gasteiger partial charge >= 0.3 is 0 Å². The van der Waals surface area contributed by atoms with Crippen molar-refractivity contribution in [2.24, 2.45) is 11.3 Å². The van der Waals surface area contributed by atoms with E-state index in [1.807, 2.05) is 0 Å². The van der Waals surface area contributed by atoms with Crippen LogP contribution < -0.4 is 0 Å². The van der Waals surface area contributed by atoms with Crippen molar-refractivity contribution in [1.29, 1.82) is 0 Å². The van der Waals surface area contributed by atoms with Crippen LogP contribution in [0.4, 0.5) is 0 Å². The van der Waals surface area contributed by atoms with E-state index in [2.05, 4.69) is 20.8 Å². The molecule has 21 heavy (non-hydrogen) atoms. The van der Waals surface area contributed by atoms with Crippen molar-refractivity contribution >= 4 is 21.4 Å². The number of sulfone groups is 1. The van der Waals surface area contributed by atoms with Gasteiger partial charge in [0, 0.05) is 5.02 Å². The summed E-state index contributed by atoms with van der Waals surface area (Å²) in [6, 6.07) is 6.29. The van der Waals surface area contributed by atoms with E-state index in [0.717, 1.165) is 6.42 Å². The van der Waals surface area contributed by atoms with Gasteiger partial charge < -0.3 is 5.11 Å². The highest BCUT2D eigenvalue weighted by atomic mass is 35.5. The van der Waals surface area contributed by atoms with Gasteiger partial charge in [-0.05, 0) is 48.8 Å². The Morgan fingerprint density at radius 3 is 2.48 bits per heavy atom. The normalized spacial score (nSPS) is 27.6. The maximum atomic E-state index is 12.8. The topological polar surface area (TPSA) is 54.4 Å². The zero-order valence-corrected chi connectivity index (χ0v) is 14.3. The number of hydrogen-bond donors (Lipinski definition) is 1. The molecule has 1 aliphatic rings. The highest BCUT2D eigenvalue weighted by Gasteiger charge is 2.42. The Morgan fingerprint density at radius 2 is 1.90 bits per heavy atom. The number of benzene rings is 1. The molecule has 0 aromatic heterocycles. The molecule has 1 saturated carbocycles. The van der Waals surface area contributed by atoms with Gasteiger partial charge in [-0.1, -0.05) is 38.4 Å². The molecule has 1 aromatic rings. The molecule has 3 atom stereocenters. The SMILES string of the molecule is CC(C)(C)C1CCC(O)C(S(=O)(=O)c2cccc(Cl)c2)C1. The fourth-order valence-corrected chi connectivity index (χ4v) is 5.25. The van der Waals surface area contributed by atoms with Crippen LogP contribution in [0, 0.1) is 11.3 Å². The Kier molecular flexibility index (Phi) is 4.72. The highest BCUT2D eigenvalue weighted by Crippen LogP contribution is 2.41. The van der Waals surface area contributed by atoms with Crippen molar-refractivity contribution in [3.05, 3.63) is 29.3 Å². The Balaban J connectivity index is 2.34. The fourth-order valence-electron chi connectivity index (χ4n) is 3.05. The van der Waals surface area contributed by atoms with Gasteiger partial charge in [0.1, 0.15) is 0 Å². The van der Waals surface area contributed by atoms with E-state index in [1.165, 1.54) is 6.07 Å². The summed E-state index contributed by atoms with van der Waals surface area (Å²) in [5, 5.41) is 9.86. The molecule has 5 heteroatoms. The van der Waals surface area contributed by atoms with Crippen LogP contribution in [0.3, 0.4) is 0 Å². The summed E-state index contributed by atoms with van der Waals surface area (Å²) in [6.45, 7) is 6.37. The number of rotatable bonds is 2. The third-order valence-electron chi connectivity index (χ3n) is 4.50. The molecular weight excluding hydrogens is 308 g/mol. The largest absolute Gasteiger partial charge is 0.392 e. The third kappa shape index (κ3) is 3.61. The Labute approximate surface area is 132 Å². The van der Waals surface area contributed by atoms with Crippen LogP contribution in [0.15, 0.2) is 29.2 Å². The van der Waals surface area contributed by atoms with Crippen LogP contribution in [0.25, 0.3) is 0 Å². The van der Waals surface area contributed by atoms with Gasteiger partial charge in [-0.3, -0.25) is 0 Å². The van der Waals surface area contributed by atoms with Gasteiger partial charge in [0.2, 0.25) is 0 Å². The zero-order chi connectivity index (χ0) is 15.8. The zero-order valence-electron chi connectivity index (χ0n) is 12.7. The lowest BCUT2D eigenvalue weighted by Crippen LogP contribution is -2.42. The highest BCUT2D eigenvalue weighted by molar-refractivity contribution is 7.92. The maximum absolute atomic E-state index is 12.8. The van der Waals surface area contributed by atoms with Crippen LogP contribution in [0.2, 0.25) is 5.02 Å². The standard InChI is InChI=1S/C16H23ClO3S/c1-16(2,3)11-7-8-14(18)15(9-11)21(19,20)13-6-4-5-12(17)10-13/h4-6,10-11,14-15,18H,7-9H2,1-3H3. The average Bonchev–Trinajstić information content (AvgIpc) is 2.37. The van der Waals surface area contributed by atoms with Gasteiger partial charge in [-0.25, -0.2) is 8.42 Å². The second-order valence-electron chi connectivity index (χ2n) is 6.98. The summed E-state index contributed by atoms with van der Waals surface area (Å²) < 4.78 is 25.6. The molecule has 0 saturated heterocycles. The number of halogens is 1. The van der Waals surface area contributed by atoms with E-state index in [4.69, 9.17) is 11.6 Å². The van der Waals surface area contributed by atoms with Gasteiger partial charge in [0.05, 0.1) is 16.2 Å². The van der Waals surface area contributed by atoms with Crippen molar-refractivity contribution in [1.82, 2.24) is 0 Å². The van der Waals surface area contributed by atoms with E-state index < -0.39 is 21.2 Å². The first-order valence-corrected chi connectivity index (χ1v) is 9.22. The predicted octanol–water partition coefficient (Wildman–Crippen LogP) is 3.69. The first kappa shape index (κ1) is 16.8. The smallest absolute Gasteiger partial charge is 0.183 e. The van der Waals surface area contributed by atoms with E-state index in [9.17, 15) is 13.5 Å². The van der Waals surface area contributed by atoms with Crippen LogP contribution in [-0.4, -0.2) is 24.9 Å². The minimum absolute atomic E-state index is 0.0439. The molecule has 1 aromatic carbocycles. The van der Waals surface area contributed by atoms with Crippen molar-refractivity contribution in [2.45, 2.75) is 56.3 Å². The van der Waals surface area contributed by atoms with Gasteiger partial charge in [0.25, 0.3) is 0 Å². The van der Waals surface area contributed by atoms with Crippen LogP contribution >= 0.6 is 11.6 Å². The third-order valence-corrected chi connectivity index (χ3v) is 6.95. The van der Waals surface area contributed by atoms with Crippen LogP contribution in [0.5, 0.6) is 0 Å². The molecule has 0 amide bonds. The molecule has 3 nitrogen and oxygen atoms in total. The lowest BCUT2D eigenvalue weighted by Gasteiger charge is -2.39. The minimum atomic E-state index is -3.56. The Morgan fingerprint density at radius 1 is 1.24 bits per heavy atom. The second-order valence-corrected chi connectivity index (χ2v) is 9.59. The Bertz CT molecular complexity index is 604. The van der Waals surface area contributed by atoms with Crippen molar-refractivity contribution < 1.29 is 13.5 Å². The number of aliphatic hydroxyl groups excluding tert-OH is 1. The first-order chi connectivity index (χ1) is 9.62. The van der Waals surface area contributed by atoms with Gasteiger partial charge in [0.15, 0.2) is 9.84 Å². The monoisotopic (exact) mass is 330 g/mol. The van der Waals surface area contributed by atoms with E-state index in [0.29, 0.717) is 23.8 Å². The second kappa shape index (κ2) is 5.90. The lowest BCUT2D eigenvalue weighted by atomic mass is 9.71. The van der Waals surface area contributed by atoms with Gasteiger partial charge in [-0.15, -0.1) is 0 Å². The lowest BCUT2D eigenvalue weighted by molar-refractivity contribution is 0.0757. The predicted molar refractivity (Wildman–Crippen MR) is 85.2 cm³/mol. The molecule has 1 fully saturated rings.